The Labute approximate surface area is 192 Å². The van der Waals surface area contributed by atoms with E-state index in [2.05, 4.69) is 71.6 Å². The lowest BCUT2D eigenvalue weighted by molar-refractivity contribution is 0.345. The summed E-state index contributed by atoms with van der Waals surface area (Å²) in [5.74, 6) is 1.55. The highest BCUT2D eigenvalue weighted by Gasteiger charge is 2.26. The molecule has 1 saturated heterocycles. The molecule has 0 saturated carbocycles. The monoisotopic (exact) mass is 510 g/mol. The predicted octanol–water partition coefficient (Wildman–Crippen LogP) is 3.44. The van der Waals surface area contributed by atoms with Crippen molar-refractivity contribution in [2.24, 2.45) is 12.0 Å². The molecule has 1 unspecified atom stereocenters. The Kier molecular flexibility index (Phi) is 9.42. The molecule has 29 heavy (non-hydrogen) atoms. The maximum Gasteiger partial charge on any atom is 0.194 e. The average molecular weight is 510 g/mol. The number of hydrogen-bond donors (Lipinski definition) is 1. The fourth-order valence-electron chi connectivity index (χ4n) is 3.72. The Hall–Kier alpha value is -1.61. The molecule has 2 aromatic rings. The van der Waals surface area contributed by atoms with Crippen molar-refractivity contribution in [3.63, 3.8) is 0 Å². The molecule has 0 amide bonds. The van der Waals surface area contributed by atoms with Gasteiger partial charge in [0.05, 0.1) is 12.7 Å². The zero-order valence-electron chi connectivity index (χ0n) is 18.1. The quantitative estimate of drug-likeness (QED) is 0.352. The van der Waals surface area contributed by atoms with E-state index in [1.54, 1.807) is 0 Å². The van der Waals surface area contributed by atoms with Gasteiger partial charge in [0.25, 0.3) is 0 Å². The molecule has 3 rings (SSSR count). The Morgan fingerprint density at radius 2 is 2.10 bits per heavy atom. The third-order valence-electron chi connectivity index (χ3n) is 5.41. The molecule has 2 heterocycles. The van der Waals surface area contributed by atoms with Gasteiger partial charge in [-0.2, -0.15) is 5.10 Å². The van der Waals surface area contributed by atoms with Crippen LogP contribution >= 0.6 is 24.0 Å². The van der Waals surface area contributed by atoms with Gasteiger partial charge in [0, 0.05) is 45.3 Å². The highest BCUT2D eigenvalue weighted by Crippen LogP contribution is 2.26. The smallest absolute Gasteiger partial charge is 0.194 e. The summed E-state index contributed by atoms with van der Waals surface area (Å²) in [5, 5.41) is 7.80. The summed E-state index contributed by atoms with van der Waals surface area (Å²) >= 11 is 0. The molecule has 1 aromatic carbocycles. The summed E-state index contributed by atoms with van der Waals surface area (Å²) < 4.78 is 1.89. The van der Waals surface area contributed by atoms with E-state index in [4.69, 9.17) is 4.99 Å². The van der Waals surface area contributed by atoms with Crippen LogP contribution in [0.25, 0.3) is 0 Å². The molecule has 1 atom stereocenters. The van der Waals surface area contributed by atoms with E-state index in [9.17, 15) is 0 Å². The number of aryl methyl sites for hydroxylation is 1. The van der Waals surface area contributed by atoms with Crippen molar-refractivity contribution in [1.82, 2.24) is 24.9 Å². The Balaban J connectivity index is 0.00000300. The molecule has 0 spiro atoms. The van der Waals surface area contributed by atoms with E-state index in [0.717, 1.165) is 45.1 Å². The van der Waals surface area contributed by atoms with Gasteiger partial charge >= 0.3 is 0 Å². The number of benzene rings is 1. The minimum atomic E-state index is 0. The van der Waals surface area contributed by atoms with Crippen molar-refractivity contribution in [3.8, 4) is 0 Å². The fourth-order valence-corrected chi connectivity index (χ4v) is 3.72. The van der Waals surface area contributed by atoms with Gasteiger partial charge in [0.2, 0.25) is 0 Å². The van der Waals surface area contributed by atoms with Crippen LogP contribution in [-0.4, -0.2) is 58.8 Å². The van der Waals surface area contributed by atoms with E-state index >= 15 is 0 Å². The van der Waals surface area contributed by atoms with E-state index < -0.39 is 0 Å². The van der Waals surface area contributed by atoms with Crippen molar-refractivity contribution < 1.29 is 0 Å². The number of likely N-dealkylation sites (tertiary alicyclic amines) is 1. The first-order valence-corrected chi connectivity index (χ1v) is 10.4. The molecule has 1 aliphatic rings. The van der Waals surface area contributed by atoms with Crippen LogP contribution in [0, 0.1) is 0 Å². The van der Waals surface area contributed by atoms with E-state index in [0.29, 0.717) is 12.5 Å². The predicted molar refractivity (Wildman–Crippen MR) is 131 cm³/mol. The number of hydrogen-bond acceptors (Lipinski definition) is 3. The van der Waals surface area contributed by atoms with Gasteiger partial charge in [-0.1, -0.05) is 31.2 Å². The maximum atomic E-state index is 4.94. The zero-order valence-corrected chi connectivity index (χ0v) is 20.5. The molecule has 0 radical (unpaired) electrons. The van der Waals surface area contributed by atoms with Gasteiger partial charge in [-0.25, -0.2) is 4.99 Å². The summed E-state index contributed by atoms with van der Waals surface area (Å²) in [7, 11) is 4.13. The van der Waals surface area contributed by atoms with Crippen molar-refractivity contribution >= 4 is 29.9 Å². The topological polar surface area (TPSA) is 48.7 Å². The summed E-state index contributed by atoms with van der Waals surface area (Å²) in [6, 6.07) is 8.79. The largest absolute Gasteiger partial charge is 0.357 e. The highest BCUT2D eigenvalue weighted by atomic mass is 127. The third-order valence-corrected chi connectivity index (χ3v) is 5.41. The molecule has 6 nitrogen and oxygen atoms in total. The standard InChI is InChI=1S/C22H34N6.HI/c1-5-23-22(28-11-10-20(17-28)21-14-25-27(4)16-21)24-13-18-8-7-9-19(12-18)15-26(3)6-2;/h7-9,12,14,16,20H,5-6,10-11,13,15,17H2,1-4H3,(H,23,24);1H. The average Bonchev–Trinajstić information content (AvgIpc) is 3.34. The Morgan fingerprint density at radius 1 is 1.31 bits per heavy atom. The van der Waals surface area contributed by atoms with Gasteiger partial charge in [-0.3, -0.25) is 4.68 Å². The highest BCUT2D eigenvalue weighted by molar-refractivity contribution is 14.0. The molecule has 7 heteroatoms. The third kappa shape index (κ3) is 6.70. The summed E-state index contributed by atoms with van der Waals surface area (Å²) in [4.78, 5) is 9.64. The van der Waals surface area contributed by atoms with Crippen molar-refractivity contribution in [2.75, 3.05) is 33.2 Å². The molecule has 0 aliphatic carbocycles. The first kappa shape index (κ1) is 23.7. The molecular formula is C22H35IN6. The van der Waals surface area contributed by atoms with Crippen LogP contribution in [0.1, 0.15) is 42.9 Å². The second kappa shape index (κ2) is 11.5. The maximum absolute atomic E-state index is 4.94. The molecule has 0 bridgehead atoms. The number of halogens is 1. The zero-order chi connectivity index (χ0) is 19.9. The van der Waals surface area contributed by atoms with Crippen molar-refractivity contribution in [2.45, 2.75) is 39.3 Å². The van der Waals surface area contributed by atoms with Crippen LogP contribution in [0.3, 0.4) is 0 Å². The SMILES string of the molecule is CCNC(=NCc1cccc(CN(C)CC)c1)N1CCC(c2cnn(C)c2)C1.I. The van der Waals surface area contributed by atoms with Gasteiger partial charge in [-0.05, 0) is 43.6 Å². The van der Waals surface area contributed by atoms with Crippen LogP contribution in [-0.2, 0) is 20.1 Å². The lowest BCUT2D eigenvalue weighted by atomic mass is 10.0. The summed E-state index contributed by atoms with van der Waals surface area (Å²) in [6.45, 7) is 9.98. The van der Waals surface area contributed by atoms with E-state index in [1.165, 1.54) is 16.7 Å². The first-order chi connectivity index (χ1) is 13.6. The second-order valence-electron chi connectivity index (χ2n) is 7.70. The Morgan fingerprint density at radius 3 is 2.79 bits per heavy atom. The second-order valence-corrected chi connectivity index (χ2v) is 7.70. The van der Waals surface area contributed by atoms with Crippen molar-refractivity contribution in [1.29, 1.82) is 0 Å². The van der Waals surface area contributed by atoms with Crippen LogP contribution in [0.4, 0.5) is 0 Å². The lowest BCUT2D eigenvalue weighted by Crippen LogP contribution is -2.40. The van der Waals surface area contributed by atoms with Gasteiger partial charge in [0.1, 0.15) is 0 Å². The fraction of sp³-hybridized carbons (Fsp3) is 0.545. The molecule has 1 aliphatic heterocycles. The van der Waals surface area contributed by atoms with Gasteiger partial charge in [0.15, 0.2) is 5.96 Å². The number of rotatable bonds is 7. The number of guanidine groups is 1. The number of aliphatic imine (C=N–C) groups is 1. The summed E-state index contributed by atoms with van der Waals surface area (Å²) in [6.07, 6.45) is 5.28. The van der Waals surface area contributed by atoms with E-state index in [-0.39, 0.29) is 24.0 Å². The minimum Gasteiger partial charge on any atom is -0.357 e. The molecular weight excluding hydrogens is 475 g/mol. The van der Waals surface area contributed by atoms with E-state index in [1.807, 2.05) is 17.9 Å². The summed E-state index contributed by atoms with van der Waals surface area (Å²) in [5.41, 5.74) is 3.94. The number of aromatic nitrogens is 2. The molecule has 1 aromatic heterocycles. The Bertz CT molecular complexity index is 787. The molecule has 160 valence electrons. The molecule has 1 N–H and O–H groups in total. The normalized spacial score (nSPS) is 16.9. The van der Waals surface area contributed by atoms with Crippen LogP contribution in [0.2, 0.25) is 0 Å². The first-order valence-electron chi connectivity index (χ1n) is 10.4. The minimum absolute atomic E-state index is 0. The van der Waals surface area contributed by atoms with Gasteiger partial charge in [-0.15, -0.1) is 24.0 Å². The molecule has 1 fully saturated rings. The lowest BCUT2D eigenvalue weighted by Gasteiger charge is -2.21. The number of nitrogens with zero attached hydrogens (tertiary/aromatic N) is 5. The number of nitrogens with one attached hydrogen (secondary N) is 1. The van der Waals surface area contributed by atoms with Crippen LogP contribution < -0.4 is 5.32 Å². The van der Waals surface area contributed by atoms with Crippen LogP contribution in [0.5, 0.6) is 0 Å². The van der Waals surface area contributed by atoms with Gasteiger partial charge < -0.3 is 15.1 Å². The van der Waals surface area contributed by atoms with Crippen molar-refractivity contribution in [3.05, 3.63) is 53.3 Å². The van der Waals surface area contributed by atoms with Crippen LogP contribution in [0.15, 0.2) is 41.7 Å².